The van der Waals surface area contributed by atoms with Crippen molar-refractivity contribution >= 4 is 11.4 Å². The Balaban J connectivity index is 1.53. The fourth-order valence-electron chi connectivity index (χ4n) is 3.88. The molecule has 0 aromatic heterocycles. The summed E-state index contributed by atoms with van der Waals surface area (Å²) >= 11 is 0. The molecule has 2 aromatic carbocycles. The molecule has 160 valence electrons. The van der Waals surface area contributed by atoms with Gasteiger partial charge >= 0.3 is 0 Å². The van der Waals surface area contributed by atoms with Crippen LogP contribution in [-0.2, 0) is 6.42 Å². The summed E-state index contributed by atoms with van der Waals surface area (Å²) in [6, 6.07) is 16.0. The molecule has 0 aliphatic rings. The van der Waals surface area contributed by atoms with Crippen molar-refractivity contribution < 1.29 is 5.11 Å². The Hall–Kier alpha value is -1.96. The predicted molar refractivity (Wildman–Crippen MR) is 127 cm³/mol. The van der Waals surface area contributed by atoms with Crippen molar-refractivity contribution in [2.45, 2.75) is 96.8 Å². The average Bonchev–Trinajstić information content (AvgIpc) is 2.74. The Morgan fingerprint density at radius 3 is 1.76 bits per heavy atom. The fraction of sp³-hybridized carbons (Fsp3) is 0.556. The number of nitrogens with one attached hydrogen (secondary N) is 1. The molecule has 0 saturated heterocycles. The van der Waals surface area contributed by atoms with Gasteiger partial charge in [-0.25, -0.2) is 0 Å². The van der Waals surface area contributed by atoms with E-state index in [0.717, 1.165) is 29.8 Å². The Labute approximate surface area is 178 Å². The van der Waals surface area contributed by atoms with Crippen LogP contribution in [0.4, 0.5) is 11.4 Å². The molecular formula is C27H41NO. The molecule has 0 radical (unpaired) electrons. The highest BCUT2D eigenvalue weighted by Gasteiger charge is 2.04. The first-order valence-electron chi connectivity index (χ1n) is 11.9. The smallest absolute Gasteiger partial charge is 0.118 e. The number of anilines is 2. The molecule has 2 N–H and O–H groups in total. The maximum atomic E-state index is 10.2. The molecule has 0 unspecified atom stereocenters. The number of aryl methyl sites for hydroxylation is 1. The van der Waals surface area contributed by atoms with E-state index in [1.54, 1.807) is 0 Å². The summed E-state index contributed by atoms with van der Waals surface area (Å²) in [5, 5.41) is 13.6. The highest BCUT2D eigenvalue weighted by atomic mass is 16.3. The third-order valence-electron chi connectivity index (χ3n) is 5.69. The van der Waals surface area contributed by atoms with Crippen molar-refractivity contribution in [2.75, 3.05) is 5.32 Å². The SMILES string of the molecule is CCCCCCCCCCCCCCCc1cc(Nc2ccccc2)ccc1O. The third-order valence-corrected chi connectivity index (χ3v) is 5.69. The van der Waals surface area contributed by atoms with Crippen molar-refractivity contribution in [3.05, 3.63) is 54.1 Å². The number of para-hydroxylation sites is 1. The van der Waals surface area contributed by atoms with Crippen LogP contribution in [0.15, 0.2) is 48.5 Å². The number of phenolic OH excluding ortho intramolecular Hbond substituents is 1. The summed E-state index contributed by atoms with van der Waals surface area (Å²) in [4.78, 5) is 0. The second-order valence-electron chi connectivity index (χ2n) is 8.33. The Morgan fingerprint density at radius 1 is 0.621 bits per heavy atom. The van der Waals surface area contributed by atoms with E-state index in [9.17, 15) is 5.11 Å². The number of hydrogen-bond acceptors (Lipinski definition) is 2. The molecule has 0 saturated carbocycles. The molecule has 0 bridgehead atoms. The number of aromatic hydroxyl groups is 1. The lowest BCUT2D eigenvalue weighted by Gasteiger charge is -2.10. The van der Waals surface area contributed by atoms with Gasteiger partial charge in [-0.1, -0.05) is 102 Å². The van der Waals surface area contributed by atoms with Gasteiger partial charge in [0.25, 0.3) is 0 Å². The van der Waals surface area contributed by atoms with E-state index in [2.05, 4.69) is 30.4 Å². The molecule has 0 amide bonds. The van der Waals surface area contributed by atoms with Crippen LogP contribution in [0.3, 0.4) is 0 Å². The molecule has 2 rings (SSSR count). The van der Waals surface area contributed by atoms with E-state index in [-0.39, 0.29) is 0 Å². The van der Waals surface area contributed by atoms with Crippen LogP contribution in [0.5, 0.6) is 5.75 Å². The summed E-state index contributed by atoms with van der Waals surface area (Å²) in [6.45, 7) is 2.28. The first-order valence-corrected chi connectivity index (χ1v) is 11.9. The van der Waals surface area contributed by atoms with Crippen LogP contribution in [0.25, 0.3) is 0 Å². The summed E-state index contributed by atoms with van der Waals surface area (Å²) in [5.74, 6) is 0.419. The Bertz CT molecular complexity index is 653. The summed E-state index contributed by atoms with van der Waals surface area (Å²) in [6.07, 6.45) is 18.7. The summed E-state index contributed by atoms with van der Waals surface area (Å²) in [5.41, 5.74) is 3.16. The van der Waals surface area contributed by atoms with Gasteiger partial charge in [0.05, 0.1) is 0 Å². The molecule has 0 fully saturated rings. The minimum atomic E-state index is 0.419. The van der Waals surface area contributed by atoms with E-state index < -0.39 is 0 Å². The van der Waals surface area contributed by atoms with E-state index in [0.29, 0.717) is 5.75 Å². The second-order valence-corrected chi connectivity index (χ2v) is 8.33. The van der Waals surface area contributed by atoms with Crippen molar-refractivity contribution in [2.24, 2.45) is 0 Å². The largest absolute Gasteiger partial charge is 0.508 e. The van der Waals surface area contributed by atoms with Crippen molar-refractivity contribution in [1.82, 2.24) is 0 Å². The van der Waals surface area contributed by atoms with Crippen molar-refractivity contribution in [3.8, 4) is 5.75 Å². The van der Waals surface area contributed by atoms with Crippen LogP contribution in [0.1, 0.15) is 96.0 Å². The predicted octanol–water partition coefficient (Wildman–Crippen LogP) is 8.77. The van der Waals surface area contributed by atoms with Crippen molar-refractivity contribution in [1.29, 1.82) is 0 Å². The number of hydrogen-bond donors (Lipinski definition) is 2. The van der Waals surface area contributed by atoms with Gasteiger partial charge in [0.1, 0.15) is 5.75 Å². The molecule has 0 spiro atoms. The number of phenols is 1. The summed E-state index contributed by atoms with van der Waals surface area (Å²) < 4.78 is 0. The maximum Gasteiger partial charge on any atom is 0.118 e. The van der Waals surface area contributed by atoms with Gasteiger partial charge < -0.3 is 10.4 Å². The minimum Gasteiger partial charge on any atom is -0.508 e. The van der Waals surface area contributed by atoms with Gasteiger partial charge in [-0.3, -0.25) is 0 Å². The van der Waals surface area contributed by atoms with Crippen molar-refractivity contribution in [3.63, 3.8) is 0 Å². The highest BCUT2D eigenvalue weighted by Crippen LogP contribution is 2.26. The quantitative estimate of drug-likeness (QED) is 0.220. The monoisotopic (exact) mass is 395 g/mol. The van der Waals surface area contributed by atoms with Crippen LogP contribution < -0.4 is 5.32 Å². The highest BCUT2D eigenvalue weighted by molar-refractivity contribution is 5.61. The van der Waals surface area contributed by atoms with Gasteiger partial charge in [-0.15, -0.1) is 0 Å². The Morgan fingerprint density at radius 2 is 1.17 bits per heavy atom. The van der Waals surface area contributed by atoms with E-state index in [1.165, 1.54) is 77.0 Å². The zero-order valence-electron chi connectivity index (χ0n) is 18.5. The molecule has 2 nitrogen and oxygen atoms in total. The lowest BCUT2D eigenvalue weighted by atomic mass is 10.0. The first kappa shape index (κ1) is 23.3. The maximum absolute atomic E-state index is 10.2. The molecule has 0 heterocycles. The van der Waals surface area contributed by atoms with Crippen LogP contribution in [0, 0.1) is 0 Å². The number of benzene rings is 2. The third kappa shape index (κ3) is 10.4. The topological polar surface area (TPSA) is 32.3 Å². The normalized spacial score (nSPS) is 10.9. The van der Waals surface area contributed by atoms with Crippen LogP contribution >= 0.6 is 0 Å². The molecule has 29 heavy (non-hydrogen) atoms. The lowest BCUT2D eigenvalue weighted by molar-refractivity contribution is 0.466. The van der Waals surface area contributed by atoms with Gasteiger partial charge in [0.15, 0.2) is 0 Å². The average molecular weight is 396 g/mol. The second kappa shape index (κ2) is 15.0. The van der Waals surface area contributed by atoms with E-state index >= 15 is 0 Å². The lowest BCUT2D eigenvalue weighted by Crippen LogP contribution is -1.93. The molecule has 0 aliphatic heterocycles. The van der Waals surface area contributed by atoms with Gasteiger partial charge in [-0.05, 0) is 48.7 Å². The van der Waals surface area contributed by atoms with Gasteiger partial charge in [0, 0.05) is 11.4 Å². The fourth-order valence-corrected chi connectivity index (χ4v) is 3.88. The van der Waals surface area contributed by atoms with Gasteiger partial charge in [0.2, 0.25) is 0 Å². The first-order chi connectivity index (χ1) is 14.3. The zero-order valence-corrected chi connectivity index (χ0v) is 18.5. The van der Waals surface area contributed by atoms with E-state index in [1.807, 2.05) is 30.3 Å². The number of unbranched alkanes of at least 4 members (excludes halogenated alkanes) is 12. The molecule has 0 atom stereocenters. The van der Waals surface area contributed by atoms with Gasteiger partial charge in [-0.2, -0.15) is 0 Å². The standard InChI is InChI=1S/C27H41NO/c1-2-3-4-5-6-7-8-9-10-11-12-13-15-18-24-23-26(21-22-27(24)29)28-25-19-16-14-17-20-25/h14,16-17,19-23,28-29H,2-13,15,18H2,1H3. The molecule has 2 aromatic rings. The molecule has 2 heteroatoms. The van der Waals surface area contributed by atoms with Crippen LogP contribution in [0.2, 0.25) is 0 Å². The molecular weight excluding hydrogens is 354 g/mol. The number of rotatable bonds is 16. The minimum absolute atomic E-state index is 0.419. The summed E-state index contributed by atoms with van der Waals surface area (Å²) in [7, 11) is 0. The zero-order chi connectivity index (χ0) is 20.6. The molecule has 0 aliphatic carbocycles. The Kier molecular flexibility index (Phi) is 12.0. The van der Waals surface area contributed by atoms with E-state index in [4.69, 9.17) is 0 Å². The van der Waals surface area contributed by atoms with Crippen LogP contribution in [-0.4, -0.2) is 5.11 Å².